The summed E-state index contributed by atoms with van der Waals surface area (Å²) >= 11 is 0. The number of hydrogen-bond acceptors (Lipinski definition) is 3. The molecule has 0 aromatic heterocycles. The molecule has 1 N–H and O–H groups in total. The summed E-state index contributed by atoms with van der Waals surface area (Å²) in [5.74, 6) is -0.766. The van der Waals surface area contributed by atoms with Crippen LogP contribution in [0, 0.1) is 0 Å². The topological polar surface area (TPSA) is 63.6 Å². The SMILES string of the molecule is CC/C=C\C/C=C\C/C=C\C(CCCCCCCCC(=O)O)OC(=O)CCCCCCCCCCCCCCCCCCC. The van der Waals surface area contributed by atoms with Crippen LogP contribution < -0.4 is 0 Å². The molecule has 4 heteroatoms. The zero-order chi connectivity index (χ0) is 32.2. The number of carboxylic acids is 1. The lowest BCUT2D eigenvalue weighted by atomic mass is 10.0. The lowest BCUT2D eigenvalue weighted by Gasteiger charge is -2.14. The van der Waals surface area contributed by atoms with Crippen molar-refractivity contribution in [1.29, 1.82) is 0 Å². The lowest BCUT2D eigenvalue weighted by molar-refractivity contribution is -0.147. The van der Waals surface area contributed by atoms with Gasteiger partial charge in [-0.2, -0.15) is 0 Å². The number of esters is 1. The Bertz CT molecular complexity index is 708. The lowest BCUT2D eigenvalue weighted by Crippen LogP contribution is -2.16. The molecule has 1 unspecified atom stereocenters. The number of carbonyl (C=O) groups is 2. The molecule has 0 heterocycles. The standard InChI is InChI=1S/C40H72O4/c1-3-5-7-9-11-13-14-15-16-17-18-19-20-21-23-29-33-37-40(43)44-38(34-30-26-22-12-10-8-6-4-2)35-31-27-24-25-28-32-36-39(41)42/h6,8,12,22,30,34,38H,3-5,7,9-11,13-21,23-29,31-33,35-37H2,1-2H3,(H,41,42)/b8-6-,22-12-,34-30-. The molecule has 44 heavy (non-hydrogen) atoms. The van der Waals surface area contributed by atoms with Crippen LogP contribution in [0.15, 0.2) is 36.5 Å². The Morgan fingerprint density at radius 1 is 0.523 bits per heavy atom. The number of aliphatic carboxylic acids is 1. The Balaban J connectivity index is 4.00. The van der Waals surface area contributed by atoms with Crippen molar-refractivity contribution in [2.75, 3.05) is 0 Å². The second kappa shape index (κ2) is 35.6. The highest BCUT2D eigenvalue weighted by molar-refractivity contribution is 5.69. The summed E-state index contributed by atoms with van der Waals surface area (Å²) in [5.41, 5.74) is 0. The Morgan fingerprint density at radius 3 is 1.41 bits per heavy atom. The highest BCUT2D eigenvalue weighted by atomic mass is 16.5. The molecule has 256 valence electrons. The minimum atomic E-state index is -0.705. The highest BCUT2D eigenvalue weighted by Crippen LogP contribution is 2.16. The summed E-state index contributed by atoms with van der Waals surface area (Å²) in [5, 5.41) is 8.76. The summed E-state index contributed by atoms with van der Waals surface area (Å²) in [6.45, 7) is 4.43. The zero-order valence-electron chi connectivity index (χ0n) is 29.2. The van der Waals surface area contributed by atoms with Gasteiger partial charge in [-0.3, -0.25) is 9.59 Å². The maximum atomic E-state index is 12.6. The molecule has 1 atom stereocenters. The van der Waals surface area contributed by atoms with Crippen molar-refractivity contribution in [3.05, 3.63) is 36.5 Å². The molecule has 0 saturated carbocycles. The van der Waals surface area contributed by atoms with Crippen LogP contribution in [-0.2, 0) is 14.3 Å². The van der Waals surface area contributed by atoms with Gasteiger partial charge in [-0.25, -0.2) is 0 Å². The normalized spacial score (nSPS) is 12.6. The Hall–Kier alpha value is -1.84. The van der Waals surface area contributed by atoms with Gasteiger partial charge < -0.3 is 9.84 Å². The van der Waals surface area contributed by atoms with Crippen LogP contribution in [0.4, 0.5) is 0 Å². The van der Waals surface area contributed by atoms with E-state index in [4.69, 9.17) is 9.84 Å². The van der Waals surface area contributed by atoms with E-state index in [0.717, 1.165) is 77.0 Å². The molecule has 0 radical (unpaired) electrons. The van der Waals surface area contributed by atoms with E-state index in [-0.39, 0.29) is 18.5 Å². The highest BCUT2D eigenvalue weighted by Gasteiger charge is 2.11. The van der Waals surface area contributed by atoms with Crippen molar-refractivity contribution in [2.24, 2.45) is 0 Å². The fourth-order valence-corrected chi connectivity index (χ4v) is 5.59. The second-order valence-electron chi connectivity index (χ2n) is 12.7. The molecule has 0 amide bonds. The molecular weight excluding hydrogens is 544 g/mol. The summed E-state index contributed by atoms with van der Waals surface area (Å²) in [7, 11) is 0. The van der Waals surface area contributed by atoms with Gasteiger partial charge in [-0.15, -0.1) is 0 Å². The first-order valence-corrected chi connectivity index (χ1v) is 19.0. The molecule has 0 aromatic rings. The van der Waals surface area contributed by atoms with Gasteiger partial charge in [0, 0.05) is 12.8 Å². The number of carboxylic acid groups (broad SMARTS) is 1. The van der Waals surface area contributed by atoms with Crippen LogP contribution in [0.2, 0.25) is 0 Å². The average molecular weight is 617 g/mol. The van der Waals surface area contributed by atoms with Crippen LogP contribution in [0.3, 0.4) is 0 Å². The van der Waals surface area contributed by atoms with Crippen molar-refractivity contribution in [2.45, 2.75) is 206 Å². The minimum absolute atomic E-state index is 0.0606. The number of ether oxygens (including phenoxy) is 1. The molecule has 0 aliphatic heterocycles. The van der Waals surface area contributed by atoms with Crippen LogP contribution in [0.5, 0.6) is 0 Å². The molecule has 0 aromatic carbocycles. The number of carbonyl (C=O) groups excluding carboxylic acids is 1. The number of hydrogen-bond donors (Lipinski definition) is 1. The molecule has 4 nitrogen and oxygen atoms in total. The van der Waals surface area contributed by atoms with Gasteiger partial charge in [0.15, 0.2) is 0 Å². The summed E-state index contributed by atoms with van der Waals surface area (Å²) in [6.07, 6.45) is 46.1. The van der Waals surface area contributed by atoms with E-state index in [2.05, 4.69) is 50.3 Å². The Morgan fingerprint density at radius 2 is 0.932 bits per heavy atom. The van der Waals surface area contributed by atoms with Crippen LogP contribution in [-0.4, -0.2) is 23.1 Å². The fourth-order valence-electron chi connectivity index (χ4n) is 5.59. The third-order valence-corrected chi connectivity index (χ3v) is 8.36. The van der Waals surface area contributed by atoms with Gasteiger partial charge in [-0.1, -0.05) is 173 Å². The van der Waals surface area contributed by atoms with Crippen LogP contribution in [0.1, 0.15) is 200 Å². The van der Waals surface area contributed by atoms with Gasteiger partial charge in [0.1, 0.15) is 6.10 Å². The van der Waals surface area contributed by atoms with E-state index in [1.165, 1.54) is 96.3 Å². The van der Waals surface area contributed by atoms with Crippen LogP contribution in [0.25, 0.3) is 0 Å². The quantitative estimate of drug-likeness (QED) is 0.0444. The second-order valence-corrected chi connectivity index (χ2v) is 12.7. The average Bonchev–Trinajstić information content (AvgIpc) is 3.01. The predicted octanol–water partition coefficient (Wildman–Crippen LogP) is 13.0. The van der Waals surface area contributed by atoms with Gasteiger partial charge >= 0.3 is 11.9 Å². The number of allylic oxidation sites excluding steroid dienone is 5. The maximum absolute atomic E-state index is 12.6. The third-order valence-electron chi connectivity index (χ3n) is 8.36. The van der Waals surface area contributed by atoms with Gasteiger partial charge in [0.2, 0.25) is 0 Å². The molecule has 0 fully saturated rings. The maximum Gasteiger partial charge on any atom is 0.306 e. The van der Waals surface area contributed by atoms with Gasteiger partial charge in [0.05, 0.1) is 0 Å². The summed E-state index contributed by atoms with van der Waals surface area (Å²) in [6, 6.07) is 0. The van der Waals surface area contributed by atoms with Crippen molar-refractivity contribution in [1.82, 2.24) is 0 Å². The van der Waals surface area contributed by atoms with E-state index in [9.17, 15) is 9.59 Å². The van der Waals surface area contributed by atoms with Gasteiger partial charge in [0.25, 0.3) is 0 Å². The molecular formula is C40H72O4. The van der Waals surface area contributed by atoms with Crippen molar-refractivity contribution in [3.8, 4) is 0 Å². The molecule has 0 saturated heterocycles. The smallest absolute Gasteiger partial charge is 0.306 e. The van der Waals surface area contributed by atoms with Crippen molar-refractivity contribution >= 4 is 11.9 Å². The van der Waals surface area contributed by atoms with Crippen molar-refractivity contribution in [3.63, 3.8) is 0 Å². The number of unbranched alkanes of at least 4 members (excludes halogenated alkanes) is 21. The van der Waals surface area contributed by atoms with Crippen LogP contribution >= 0.6 is 0 Å². The first-order valence-electron chi connectivity index (χ1n) is 19.0. The fraction of sp³-hybridized carbons (Fsp3) is 0.800. The zero-order valence-corrected chi connectivity index (χ0v) is 29.2. The Kier molecular flexibility index (Phi) is 34.1. The molecule has 0 rings (SSSR count). The van der Waals surface area contributed by atoms with E-state index >= 15 is 0 Å². The monoisotopic (exact) mass is 617 g/mol. The third kappa shape index (κ3) is 34.6. The molecule has 0 aliphatic carbocycles. The minimum Gasteiger partial charge on any atom is -0.481 e. The Labute approximate surface area is 273 Å². The van der Waals surface area contributed by atoms with E-state index in [1.807, 2.05) is 0 Å². The molecule has 0 aliphatic rings. The summed E-state index contributed by atoms with van der Waals surface area (Å²) in [4.78, 5) is 23.2. The first-order chi connectivity index (χ1) is 21.6. The van der Waals surface area contributed by atoms with Crippen molar-refractivity contribution < 1.29 is 19.4 Å². The number of rotatable bonds is 34. The van der Waals surface area contributed by atoms with E-state index < -0.39 is 5.97 Å². The molecule has 0 bridgehead atoms. The van der Waals surface area contributed by atoms with E-state index in [0.29, 0.717) is 6.42 Å². The first kappa shape index (κ1) is 42.2. The summed E-state index contributed by atoms with van der Waals surface area (Å²) < 4.78 is 5.88. The predicted molar refractivity (Wildman–Crippen MR) is 190 cm³/mol. The molecule has 0 spiro atoms. The van der Waals surface area contributed by atoms with E-state index in [1.54, 1.807) is 0 Å². The largest absolute Gasteiger partial charge is 0.481 e. The van der Waals surface area contributed by atoms with Gasteiger partial charge in [-0.05, 0) is 51.0 Å².